The number of rotatable bonds is 11. The van der Waals surface area contributed by atoms with Gasteiger partial charge in [0.15, 0.2) is 0 Å². The van der Waals surface area contributed by atoms with Gasteiger partial charge < -0.3 is 9.47 Å². The molecule has 0 unspecified atom stereocenters. The number of carbonyl (C=O) groups excluding carboxylic acids is 1. The Morgan fingerprint density at radius 1 is 1.10 bits per heavy atom. The lowest BCUT2D eigenvalue weighted by atomic mass is 9.95. The first-order valence-electron chi connectivity index (χ1n) is 11.4. The van der Waals surface area contributed by atoms with Gasteiger partial charge in [0.1, 0.15) is 0 Å². The molecule has 29 heavy (non-hydrogen) atoms. The summed E-state index contributed by atoms with van der Waals surface area (Å²) in [6.45, 7) is 14.6. The quantitative estimate of drug-likeness (QED) is 0.429. The summed E-state index contributed by atoms with van der Waals surface area (Å²) in [5.74, 6) is 0.893. The molecule has 1 heterocycles. The van der Waals surface area contributed by atoms with Crippen LogP contribution in [0, 0.1) is 18.8 Å². The number of hydrogen-bond donors (Lipinski definition) is 0. The molecule has 1 aromatic carbocycles. The van der Waals surface area contributed by atoms with Crippen molar-refractivity contribution in [2.24, 2.45) is 11.8 Å². The van der Waals surface area contributed by atoms with Gasteiger partial charge in [-0.1, -0.05) is 70.4 Å². The van der Waals surface area contributed by atoms with Gasteiger partial charge in [0, 0.05) is 30.4 Å². The Labute approximate surface area is 178 Å². The first kappa shape index (κ1) is 23.3. The third-order valence-corrected chi connectivity index (χ3v) is 6.18. The van der Waals surface area contributed by atoms with Crippen molar-refractivity contribution in [3.8, 4) is 0 Å². The van der Waals surface area contributed by atoms with Gasteiger partial charge in [-0.3, -0.25) is 4.79 Å². The van der Waals surface area contributed by atoms with Gasteiger partial charge in [-0.15, -0.1) is 0 Å². The van der Waals surface area contributed by atoms with Crippen molar-refractivity contribution in [3.05, 3.63) is 59.4 Å². The predicted molar refractivity (Wildman–Crippen MR) is 123 cm³/mol. The summed E-state index contributed by atoms with van der Waals surface area (Å²) >= 11 is 0. The number of amides is 1. The maximum Gasteiger partial charge on any atom is 0.226 e. The topological polar surface area (TPSA) is 25.2 Å². The van der Waals surface area contributed by atoms with Crippen LogP contribution in [0.25, 0.3) is 0 Å². The molecular weight excluding hydrogens is 356 g/mol. The van der Waals surface area contributed by atoms with Crippen molar-refractivity contribution >= 4 is 5.91 Å². The Morgan fingerprint density at radius 3 is 2.48 bits per heavy atom. The van der Waals surface area contributed by atoms with Crippen LogP contribution in [0.4, 0.5) is 0 Å². The number of nitrogens with zero attached hydrogens (tertiary/aromatic N) is 2. The zero-order valence-corrected chi connectivity index (χ0v) is 19.3. The van der Waals surface area contributed by atoms with Crippen molar-refractivity contribution in [3.63, 3.8) is 0 Å². The lowest BCUT2D eigenvalue weighted by molar-refractivity contribution is -0.139. The van der Waals surface area contributed by atoms with Crippen molar-refractivity contribution in [2.45, 2.75) is 86.4 Å². The van der Waals surface area contributed by atoms with Crippen LogP contribution in [-0.4, -0.2) is 21.4 Å². The predicted octanol–water partition coefficient (Wildman–Crippen LogP) is 6.43. The number of hydrogen-bond acceptors (Lipinski definition) is 1. The zero-order chi connectivity index (χ0) is 21.4. The minimum Gasteiger partial charge on any atom is -0.345 e. The number of unbranched alkanes of at least 4 members (excludes halogenated alkanes) is 1. The van der Waals surface area contributed by atoms with Crippen LogP contribution in [-0.2, 0) is 17.9 Å². The molecule has 160 valence electrons. The van der Waals surface area contributed by atoms with E-state index in [4.69, 9.17) is 0 Å². The second kappa shape index (κ2) is 11.2. The van der Waals surface area contributed by atoms with Crippen LogP contribution in [0.2, 0.25) is 0 Å². The Kier molecular flexibility index (Phi) is 9.00. The number of benzene rings is 1. The maximum atomic E-state index is 13.5. The molecule has 2 aromatic rings. The van der Waals surface area contributed by atoms with Crippen molar-refractivity contribution in [1.82, 2.24) is 9.47 Å². The van der Waals surface area contributed by atoms with Gasteiger partial charge in [0.05, 0.1) is 6.54 Å². The molecule has 0 aliphatic rings. The standard InChI is InChI=1S/C26H40N2O/c1-7-9-14-24(8-2)26(29)28(22(6)20(3)4)19-25-15-11-16-27(25)18-23-13-10-12-21(5)17-23/h10-13,15-17,20,22,24H,7-9,14,18-19H2,1-6H3/t22-,24-/m0/s1. The molecule has 3 nitrogen and oxygen atoms in total. The van der Waals surface area contributed by atoms with Gasteiger partial charge in [-0.25, -0.2) is 0 Å². The first-order valence-corrected chi connectivity index (χ1v) is 11.4. The van der Waals surface area contributed by atoms with E-state index in [1.807, 2.05) is 0 Å². The fourth-order valence-electron chi connectivity index (χ4n) is 3.90. The second-order valence-corrected chi connectivity index (χ2v) is 8.81. The number of carbonyl (C=O) groups is 1. The fraction of sp³-hybridized carbons (Fsp3) is 0.577. The normalized spacial score (nSPS) is 13.5. The molecule has 0 radical (unpaired) electrons. The zero-order valence-electron chi connectivity index (χ0n) is 19.3. The molecule has 0 saturated carbocycles. The molecule has 0 saturated heterocycles. The van der Waals surface area contributed by atoms with Crippen LogP contribution in [0.1, 0.15) is 77.1 Å². The minimum absolute atomic E-state index is 0.135. The maximum absolute atomic E-state index is 13.5. The molecule has 2 atom stereocenters. The molecule has 0 bridgehead atoms. The average molecular weight is 397 g/mol. The Bertz CT molecular complexity index is 762. The molecule has 0 aliphatic carbocycles. The van der Waals surface area contributed by atoms with E-state index in [9.17, 15) is 4.79 Å². The monoisotopic (exact) mass is 396 g/mol. The largest absolute Gasteiger partial charge is 0.345 e. The van der Waals surface area contributed by atoms with Crippen LogP contribution in [0.5, 0.6) is 0 Å². The van der Waals surface area contributed by atoms with E-state index in [2.05, 4.69) is 93.6 Å². The SMILES string of the molecule is CCCC[C@H](CC)C(=O)N(Cc1cccn1Cc1cccc(C)c1)[C@@H](C)C(C)C. The highest BCUT2D eigenvalue weighted by Gasteiger charge is 2.28. The van der Waals surface area contributed by atoms with Gasteiger partial charge in [-0.05, 0) is 50.3 Å². The lowest BCUT2D eigenvalue weighted by Gasteiger charge is -2.35. The lowest BCUT2D eigenvalue weighted by Crippen LogP contribution is -2.44. The van der Waals surface area contributed by atoms with E-state index in [1.165, 1.54) is 16.8 Å². The summed E-state index contributed by atoms with van der Waals surface area (Å²) in [6.07, 6.45) is 6.32. The highest BCUT2D eigenvalue weighted by Crippen LogP contribution is 2.23. The molecule has 0 spiro atoms. The van der Waals surface area contributed by atoms with Crippen molar-refractivity contribution in [1.29, 1.82) is 0 Å². The van der Waals surface area contributed by atoms with Crippen LogP contribution < -0.4 is 0 Å². The van der Waals surface area contributed by atoms with Crippen molar-refractivity contribution in [2.75, 3.05) is 0 Å². The van der Waals surface area contributed by atoms with Crippen LogP contribution in [0.15, 0.2) is 42.6 Å². The number of aryl methyl sites for hydroxylation is 1. The smallest absolute Gasteiger partial charge is 0.226 e. The highest BCUT2D eigenvalue weighted by atomic mass is 16.2. The van der Waals surface area contributed by atoms with Gasteiger partial charge >= 0.3 is 0 Å². The summed E-state index contributed by atoms with van der Waals surface area (Å²) in [5.41, 5.74) is 3.78. The Morgan fingerprint density at radius 2 is 1.86 bits per heavy atom. The third-order valence-electron chi connectivity index (χ3n) is 6.18. The molecule has 1 aromatic heterocycles. The van der Waals surface area contributed by atoms with E-state index < -0.39 is 0 Å². The van der Waals surface area contributed by atoms with E-state index in [1.54, 1.807) is 0 Å². The fourth-order valence-corrected chi connectivity index (χ4v) is 3.90. The first-order chi connectivity index (χ1) is 13.9. The number of aromatic nitrogens is 1. The molecule has 0 fully saturated rings. The van der Waals surface area contributed by atoms with Crippen molar-refractivity contribution < 1.29 is 4.79 Å². The Hall–Kier alpha value is -2.03. The van der Waals surface area contributed by atoms with Crippen LogP contribution in [0.3, 0.4) is 0 Å². The van der Waals surface area contributed by atoms with E-state index >= 15 is 0 Å². The minimum atomic E-state index is 0.135. The molecule has 0 aliphatic heterocycles. The molecule has 0 N–H and O–H groups in total. The average Bonchev–Trinajstić information content (AvgIpc) is 3.12. The van der Waals surface area contributed by atoms with E-state index in [0.29, 0.717) is 18.4 Å². The van der Waals surface area contributed by atoms with Gasteiger partial charge in [0.2, 0.25) is 5.91 Å². The summed E-state index contributed by atoms with van der Waals surface area (Å²) in [7, 11) is 0. The summed E-state index contributed by atoms with van der Waals surface area (Å²) in [4.78, 5) is 15.6. The molecular formula is C26H40N2O. The van der Waals surface area contributed by atoms with Gasteiger partial charge in [0.25, 0.3) is 0 Å². The Balaban J connectivity index is 2.23. The second-order valence-electron chi connectivity index (χ2n) is 8.81. The highest BCUT2D eigenvalue weighted by molar-refractivity contribution is 5.79. The van der Waals surface area contributed by atoms with Gasteiger partial charge in [-0.2, -0.15) is 0 Å². The molecule has 2 rings (SSSR count). The molecule has 1 amide bonds. The van der Waals surface area contributed by atoms with Crippen LogP contribution >= 0.6 is 0 Å². The summed E-state index contributed by atoms with van der Waals surface area (Å²) in [5, 5.41) is 0. The van der Waals surface area contributed by atoms with E-state index in [0.717, 1.165) is 32.2 Å². The van der Waals surface area contributed by atoms with E-state index in [-0.39, 0.29) is 12.0 Å². The summed E-state index contributed by atoms with van der Waals surface area (Å²) < 4.78 is 2.29. The third kappa shape index (κ3) is 6.48. The molecule has 3 heteroatoms. The summed E-state index contributed by atoms with van der Waals surface area (Å²) in [6, 6.07) is 13.1.